The standard InChI is InChI=1S/C10H11FO2S/c11-8-4-1-2-5-9(8)14-7-3-6-10(12)13/h1-2,4-5H,3,6-7H2,(H,12,13). The molecule has 0 saturated heterocycles. The van der Waals surface area contributed by atoms with Gasteiger partial charge in [0.25, 0.3) is 0 Å². The summed E-state index contributed by atoms with van der Waals surface area (Å²) in [5.74, 6) is -0.417. The van der Waals surface area contributed by atoms with Crippen LogP contribution in [0.1, 0.15) is 12.8 Å². The molecule has 0 atom stereocenters. The van der Waals surface area contributed by atoms with Gasteiger partial charge in [0, 0.05) is 11.3 Å². The van der Waals surface area contributed by atoms with Crippen molar-refractivity contribution in [3.8, 4) is 0 Å². The maximum Gasteiger partial charge on any atom is 0.303 e. The highest BCUT2D eigenvalue weighted by Gasteiger charge is 2.01. The molecular formula is C10H11FO2S. The van der Waals surface area contributed by atoms with E-state index in [-0.39, 0.29) is 12.2 Å². The largest absolute Gasteiger partial charge is 0.481 e. The molecule has 0 aliphatic carbocycles. The minimum Gasteiger partial charge on any atom is -0.481 e. The average molecular weight is 214 g/mol. The van der Waals surface area contributed by atoms with Crippen LogP contribution < -0.4 is 0 Å². The van der Waals surface area contributed by atoms with Crippen LogP contribution in [-0.4, -0.2) is 16.8 Å². The summed E-state index contributed by atoms with van der Waals surface area (Å²) in [4.78, 5) is 10.8. The Morgan fingerprint density at radius 2 is 2.14 bits per heavy atom. The molecule has 0 amide bonds. The lowest BCUT2D eigenvalue weighted by atomic mass is 10.3. The molecule has 0 fully saturated rings. The lowest BCUT2D eigenvalue weighted by molar-refractivity contribution is -0.137. The van der Waals surface area contributed by atoms with Crippen molar-refractivity contribution in [2.24, 2.45) is 0 Å². The molecule has 1 rings (SSSR count). The monoisotopic (exact) mass is 214 g/mol. The first-order chi connectivity index (χ1) is 6.70. The molecule has 0 radical (unpaired) electrons. The number of rotatable bonds is 5. The van der Waals surface area contributed by atoms with E-state index in [0.717, 1.165) is 0 Å². The Kier molecular flexibility index (Phi) is 4.46. The number of aliphatic carboxylic acids is 1. The normalized spacial score (nSPS) is 10.1. The molecule has 0 bridgehead atoms. The van der Waals surface area contributed by atoms with Gasteiger partial charge in [-0.15, -0.1) is 11.8 Å². The van der Waals surface area contributed by atoms with Gasteiger partial charge in [0.2, 0.25) is 0 Å². The first kappa shape index (κ1) is 11.0. The second kappa shape index (κ2) is 5.65. The predicted octanol–water partition coefficient (Wildman–Crippen LogP) is 2.78. The van der Waals surface area contributed by atoms with Gasteiger partial charge in [-0.25, -0.2) is 4.39 Å². The van der Waals surface area contributed by atoms with Crippen molar-refractivity contribution in [1.82, 2.24) is 0 Å². The Morgan fingerprint density at radius 1 is 1.43 bits per heavy atom. The highest BCUT2D eigenvalue weighted by molar-refractivity contribution is 7.99. The van der Waals surface area contributed by atoms with Crippen LogP contribution >= 0.6 is 11.8 Å². The minimum absolute atomic E-state index is 0.140. The Hall–Kier alpha value is -1.03. The van der Waals surface area contributed by atoms with Crippen LogP contribution in [0.3, 0.4) is 0 Å². The van der Waals surface area contributed by atoms with Crippen molar-refractivity contribution in [3.63, 3.8) is 0 Å². The lowest BCUT2D eigenvalue weighted by Gasteiger charge is -2.00. The third-order valence-electron chi connectivity index (χ3n) is 1.63. The smallest absolute Gasteiger partial charge is 0.303 e. The summed E-state index contributed by atoms with van der Waals surface area (Å²) in [5, 5.41) is 8.38. The summed E-state index contributed by atoms with van der Waals surface area (Å²) in [7, 11) is 0. The van der Waals surface area contributed by atoms with Gasteiger partial charge in [-0.3, -0.25) is 4.79 Å². The highest BCUT2D eigenvalue weighted by Crippen LogP contribution is 2.21. The van der Waals surface area contributed by atoms with Crippen LogP contribution in [0.4, 0.5) is 4.39 Å². The fourth-order valence-corrected chi connectivity index (χ4v) is 1.86. The summed E-state index contributed by atoms with van der Waals surface area (Å²) >= 11 is 1.35. The molecule has 1 aromatic rings. The van der Waals surface area contributed by atoms with Crippen molar-refractivity contribution < 1.29 is 14.3 Å². The number of carboxylic acids is 1. The topological polar surface area (TPSA) is 37.3 Å². The molecule has 0 aromatic heterocycles. The first-order valence-electron chi connectivity index (χ1n) is 4.29. The maximum atomic E-state index is 13.0. The van der Waals surface area contributed by atoms with Gasteiger partial charge in [0.05, 0.1) is 0 Å². The van der Waals surface area contributed by atoms with Gasteiger partial charge in [0.15, 0.2) is 0 Å². The van der Waals surface area contributed by atoms with E-state index < -0.39 is 5.97 Å². The number of halogens is 1. The summed E-state index contributed by atoms with van der Waals surface area (Å²) < 4.78 is 13.0. The van der Waals surface area contributed by atoms with E-state index in [0.29, 0.717) is 17.1 Å². The minimum atomic E-state index is -0.806. The molecule has 1 aromatic carbocycles. The molecule has 76 valence electrons. The lowest BCUT2D eigenvalue weighted by Crippen LogP contribution is -1.95. The Labute approximate surface area is 86.1 Å². The van der Waals surface area contributed by atoms with Gasteiger partial charge < -0.3 is 5.11 Å². The predicted molar refractivity (Wildman–Crippen MR) is 54.0 cm³/mol. The SMILES string of the molecule is O=C(O)CCCSc1ccccc1F. The summed E-state index contributed by atoms with van der Waals surface area (Å²) in [5.41, 5.74) is 0. The number of thioether (sulfide) groups is 1. The van der Waals surface area contributed by atoms with Crippen LogP contribution in [0.25, 0.3) is 0 Å². The van der Waals surface area contributed by atoms with Crippen LogP contribution in [0.15, 0.2) is 29.2 Å². The number of carboxylic acid groups (broad SMARTS) is 1. The summed E-state index contributed by atoms with van der Waals surface area (Å²) in [6, 6.07) is 6.50. The Bertz CT molecular complexity index is 315. The van der Waals surface area contributed by atoms with Gasteiger partial charge in [0.1, 0.15) is 5.82 Å². The molecular weight excluding hydrogens is 203 g/mol. The zero-order valence-corrected chi connectivity index (χ0v) is 8.39. The van der Waals surface area contributed by atoms with Gasteiger partial charge in [-0.05, 0) is 24.3 Å². The van der Waals surface area contributed by atoms with Crippen molar-refractivity contribution in [3.05, 3.63) is 30.1 Å². The van der Waals surface area contributed by atoms with E-state index in [2.05, 4.69) is 0 Å². The van der Waals surface area contributed by atoms with Crippen molar-refractivity contribution in [1.29, 1.82) is 0 Å². The van der Waals surface area contributed by atoms with Crippen molar-refractivity contribution in [2.45, 2.75) is 17.7 Å². The molecule has 0 spiro atoms. The first-order valence-corrected chi connectivity index (χ1v) is 5.28. The van der Waals surface area contributed by atoms with Crippen molar-refractivity contribution in [2.75, 3.05) is 5.75 Å². The van der Waals surface area contributed by atoms with Gasteiger partial charge >= 0.3 is 5.97 Å². The fraction of sp³-hybridized carbons (Fsp3) is 0.300. The Balaban J connectivity index is 2.31. The van der Waals surface area contributed by atoms with E-state index in [9.17, 15) is 9.18 Å². The zero-order valence-electron chi connectivity index (χ0n) is 7.57. The second-order valence-electron chi connectivity index (χ2n) is 2.78. The van der Waals surface area contributed by atoms with Crippen LogP contribution in [0, 0.1) is 5.82 Å². The number of hydrogen-bond acceptors (Lipinski definition) is 2. The van der Waals surface area contributed by atoms with E-state index in [4.69, 9.17) is 5.11 Å². The molecule has 14 heavy (non-hydrogen) atoms. The van der Waals surface area contributed by atoms with Crippen LogP contribution in [0.2, 0.25) is 0 Å². The second-order valence-corrected chi connectivity index (χ2v) is 3.91. The molecule has 0 aliphatic heterocycles. The van der Waals surface area contributed by atoms with Gasteiger partial charge in [-0.2, -0.15) is 0 Å². The van der Waals surface area contributed by atoms with Crippen LogP contribution in [0.5, 0.6) is 0 Å². The molecule has 2 nitrogen and oxygen atoms in total. The maximum absolute atomic E-state index is 13.0. The summed E-state index contributed by atoms with van der Waals surface area (Å²) in [6.45, 7) is 0. The molecule has 0 saturated carbocycles. The van der Waals surface area contributed by atoms with Crippen LogP contribution in [-0.2, 0) is 4.79 Å². The zero-order chi connectivity index (χ0) is 10.4. The highest BCUT2D eigenvalue weighted by atomic mass is 32.2. The van der Waals surface area contributed by atoms with E-state index in [1.807, 2.05) is 0 Å². The van der Waals surface area contributed by atoms with E-state index in [1.54, 1.807) is 18.2 Å². The molecule has 0 heterocycles. The fourth-order valence-electron chi connectivity index (χ4n) is 0.967. The quantitative estimate of drug-likeness (QED) is 0.605. The molecule has 4 heteroatoms. The number of hydrogen-bond donors (Lipinski definition) is 1. The van der Waals surface area contributed by atoms with E-state index in [1.165, 1.54) is 17.8 Å². The Morgan fingerprint density at radius 3 is 2.79 bits per heavy atom. The third kappa shape index (κ3) is 3.79. The summed E-state index contributed by atoms with van der Waals surface area (Å²) in [6.07, 6.45) is 0.704. The molecule has 0 aliphatic rings. The number of benzene rings is 1. The molecule has 1 N–H and O–H groups in total. The van der Waals surface area contributed by atoms with Crippen molar-refractivity contribution >= 4 is 17.7 Å². The third-order valence-corrected chi connectivity index (χ3v) is 2.76. The average Bonchev–Trinajstić information content (AvgIpc) is 2.15. The molecule has 0 unspecified atom stereocenters. The van der Waals surface area contributed by atoms with E-state index >= 15 is 0 Å². The van der Waals surface area contributed by atoms with Gasteiger partial charge in [-0.1, -0.05) is 12.1 Å². The number of carbonyl (C=O) groups is 1.